The fourth-order valence-corrected chi connectivity index (χ4v) is 12.6. The summed E-state index contributed by atoms with van der Waals surface area (Å²) < 4.78 is 22.8. The van der Waals surface area contributed by atoms with Gasteiger partial charge in [0.15, 0.2) is 0 Å². The van der Waals surface area contributed by atoms with Gasteiger partial charge in [0.05, 0.1) is 33.7 Å². The van der Waals surface area contributed by atoms with Crippen LogP contribution in [0.2, 0.25) is 0 Å². The maximum atomic E-state index is 13.1. The van der Waals surface area contributed by atoms with Crippen LogP contribution < -0.4 is 9.47 Å². The van der Waals surface area contributed by atoms with Gasteiger partial charge >= 0.3 is 11.9 Å². The van der Waals surface area contributed by atoms with Crippen molar-refractivity contribution < 1.29 is 28.9 Å². The molecule has 0 radical (unpaired) electrons. The molecule has 0 fully saturated rings. The molecule has 0 spiro atoms. The third kappa shape index (κ3) is 15.6. The van der Waals surface area contributed by atoms with Crippen molar-refractivity contribution >= 4 is 112 Å². The van der Waals surface area contributed by atoms with Crippen molar-refractivity contribution in [3.05, 3.63) is 193 Å². The SMILES string of the molecule is CC(C#N)(CCC(=O)O)SC(=S)c1ccccc1.CC(C#N)(CCC(=O)OCc1cc(OCCCCn2c3ccccc3c3ccccc32)cc(OCCCCn2c3ccccc3c3ccccc32)c1)SC(=S)c1ccccc1. The van der Waals surface area contributed by atoms with E-state index in [-0.39, 0.29) is 31.8 Å². The predicted octanol–water partition coefficient (Wildman–Crippen LogP) is 16.1. The van der Waals surface area contributed by atoms with E-state index in [0.29, 0.717) is 39.5 Å². The topological polar surface area (TPSA) is 140 Å². The zero-order valence-corrected chi connectivity index (χ0v) is 47.6. The zero-order valence-electron chi connectivity index (χ0n) is 44.3. The van der Waals surface area contributed by atoms with Crippen LogP contribution in [-0.4, -0.2) is 57.3 Å². The molecular weight excluding hydrogens is 1060 g/mol. The molecule has 402 valence electrons. The van der Waals surface area contributed by atoms with Gasteiger partial charge in [-0.15, -0.1) is 0 Å². The monoisotopic (exact) mass is 1120 g/mol. The minimum absolute atomic E-state index is 0.0333. The number of para-hydroxylation sites is 4. The molecule has 0 saturated heterocycles. The minimum Gasteiger partial charge on any atom is -0.493 e. The molecule has 79 heavy (non-hydrogen) atoms. The maximum Gasteiger partial charge on any atom is 0.306 e. The number of aliphatic carboxylic acids is 1. The Balaban J connectivity index is 0.000000389. The number of ether oxygens (including phenoxy) is 3. The van der Waals surface area contributed by atoms with E-state index in [2.05, 4.69) is 118 Å². The first-order valence-corrected chi connectivity index (χ1v) is 28.9. The summed E-state index contributed by atoms with van der Waals surface area (Å²) in [6.45, 7) is 6.44. The van der Waals surface area contributed by atoms with Crippen LogP contribution in [0.1, 0.15) is 81.9 Å². The van der Waals surface area contributed by atoms with Gasteiger partial charge in [-0.2, -0.15) is 10.5 Å². The summed E-state index contributed by atoms with van der Waals surface area (Å²) in [4.78, 5) is 23.6. The van der Waals surface area contributed by atoms with E-state index in [9.17, 15) is 20.1 Å². The number of carboxylic acid groups (broad SMARTS) is 1. The zero-order chi connectivity index (χ0) is 55.6. The summed E-state index contributed by atoms with van der Waals surface area (Å²) in [5.74, 6) is 0.0708. The number of hydrogen-bond donors (Lipinski definition) is 1. The summed E-state index contributed by atoms with van der Waals surface area (Å²) in [6, 6.07) is 63.6. The number of nitriles is 2. The normalized spacial score (nSPS) is 12.6. The van der Waals surface area contributed by atoms with Crippen LogP contribution in [0, 0.1) is 22.7 Å². The number of carbonyl (C=O) groups is 2. The van der Waals surface area contributed by atoms with Crippen molar-refractivity contribution in [1.82, 2.24) is 9.13 Å². The number of fused-ring (bicyclic) bond motifs is 6. The molecule has 7 aromatic carbocycles. The third-order valence-electron chi connectivity index (χ3n) is 13.5. The molecule has 0 amide bonds. The van der Waals surface area contributed by atoms with E-state index in [1.807, 2.05) is 85.8 Å². The Morgan fingerprint density at radius 1 is 0.532 bits per heavy atom. The van der Waals surface area contributed by atoms with Gasteiger partial charge in [-0.25, -0.2) is 0 Å². The molecule has 0 aliphatic carbocycles. The van der Waals surface area contributed by atoms with Crippen LogP contribution in [0.3, 0.4) is 0 Å². The van der Waals surface area contributed by atoms with Gasteiger partial charge in [0, 0.05) is 75.6 Å². The van der Waals surface area contributed by atoms with Gasteiger partial charge in [-0.1, -0.05) is 181 Å². The van der Waals surface area contributed by atoms with Crippen molar-refractivity contribution in [3.8, 4) is 23.6 Å². The molecule has 9 aromatic rings. The first kappa shape index (κ1) is 57.7. The number of aryl methyl sites for hydroxylation is 2. The van der Waals surface area contributed by atoms with E-state index >= 15 is 0 Å². The molecule has 9 rings (SSSR count). The van der Waals surface area contributed by atoms with Gasteiger partial charge in [0.25, 0.3) is 0 Å². The fraction of sp³-hybridized carbons (Fsp3) is 0.262. The quantitative estimate of drug-likeness (QED) is 0.0350. The molecule has 2 atom stereocenters. The predicted molar refractivity (Wildman–Crippen MR) is 330 cm³/mol. The van der Waals surface area contributed by atoms with E-state index in [0.717, 1.165) is 55.5 Å². The number of benzene rings is 7. The van der Waals surface area contributed by atoms with Crippen LogP contribution in [-0.2, 0) is 34.0 Å². The average molecular weight is 1120 g/mol. The molecule has 2 heterocycles. The molecule has 2 unspecified atom stereocenters. The van der Waals surface area contributed by atoms with E-state index < -0.39 is 15.5 Å². The van der Waals surface area contributed by atoms with Crippen molar-refractivity contribution in [2.24, 2.45) is 0 Å². The second-order valence-electron chi connectivity index (χ2n) is 19.5. The highest BCUT2D eigenvalue weighted by atomic mass is 32.2. The van der Waals surface area contributed by atoms with Crippen LogP contribution in [0.4, 0.5) is 0 Å². The van der Waals surface area contributed by atoms with E-state index in [1.165, 1.54) is 67.1 Å². The molecule has 0 aliphatic heterocycles. The number of hydrogen-bond acceptors (Lipinski definition) is 11. The molecule has 0 bridgehead atoms. The third-order valence-corrected chi connectivity index (χ3v) is 16.8. The first-order chi connectivity index (χ1) is 38.4. The van der Waals surface area contributed by atoms with Crippen LogP contribution in [0.15, 0.2) is 176 Å². The molecule has 0 aliphatic rings. The largest absolute Gasteiger partial charge is 0.493 e. The van der Waals surface area contributed by atoms with E-state index in [4.69, 9.17) is 43.8 Å². The van der Waals surface area contributed by atoms with Gasteiger partial charge in [0.1, 0.15) is 27.6 Å². The first-order valence-electron chi connectivity index (χ1n) is 26.4. The number of esters is 1. The second-order valence-corrected chi connectivity index (χ2v) is 23.9. The average Bonchev–Trinajstić information content (AvgIpc) is 4.07. The Morgan fingerprint density at radius 2 is 0.899 bits per heavy atom. The van der Waals surface area contributed by atoms with Gasteiger partial charge < -0.3 is 28.5 Å². The minimum atomic E-state index is -0.900. The number of aromatic nitrogens is 2. The number of nitrogens with zero attached hydrogens (tertiary/aromatic N) is 4. The lowest BCUT2D eigenvalue weighted by atomic mass is 10.1. The fourth-order valence-electron chi connectivity index (χ4n) is 9.35. The smallest absolute Gasteiger partial charge is 0.306 e. The summed E-state index contributed by atoms with van der Waals surface area (Å²) in [5.41, 5.74) is 7.53. The van der Waals surface area contributed by atoms with E-state index in [1.54, 1.807) is 6.92 Å². The highest BCUT2D eigenvalue weighted by Crippen LogP contribution is 2.36. The lowest BCUT2D eigenvalue weighted by Crippen LogP contribution is -2.22. The summed E-state index contributed by atoms with van der Waals surface area (Å²) in [5, 5.41) is 33.0. The van der Waals surface area contributed by atoms with Crippen molar-refractivity contribution in [2.75, 3.05) is 13.2 Å². The van der Waals surface area contributed by atoms with Crippen molar-refractivity contribution in [2.45, 2.75) is 94.4 Å². The van der Waals surface area contributed by atoms with Crippen LogP contribution in [0.25, 0.3) is 43.6 Å². The molecule has 10 nitrogen and oxygen atoms in total. The molecule has 14 heteroatoms. The Labute approximate surface area is 481 Å². The maximum absolute atomic E-state index is 13.1. The Bertz CT molecular complexity index is 3410. The second kappa shape index (κ2) is 27.9. The summed E-state index contributed by atoms with van der Waals surface area (Å²) in [7, 11) is 0. The standard InChI is InChI=1S/C52H49N3O4S2.C13H13NO2S2/c1-52(37-53,61-51(60)39-17-3-2-4-18-39)28-27-50(56)59-36-38-33-40(57-31-15-13-29-54-46-23-9-5-19-42(46)43-20-6-10-24-47(43)54)35-41(34-38)58-32-16-14-30-55-48-25-11-7-21-44(48)45-22-8-12-26-49(45)55;1-13(9-14,8-7-11(15)16)18-12(17)10-5-3-2-4-6-10/h2-12,17-26,33-35H,13-16,27-32,36H2,1H3;2-6H,7-8H2,1H3,(H,15,16). The van der Waals surface area contributed by atoms with Gasteiger partial charge in [-0.3, -0.25) is 9.59 Å². The summed E-state index contributed by atoms with van der Waals surface area (Å²) >= 11 is 13.5. The van der Waals surface area contributed by atoms with Gasteiger partial charge in [0.2, 0.25) is 0 Å². The molecule has 0 saturated carbocycles. The number of carbonyl (C=O) groups excluding carboxylic acids is 1. The Kier molecular flexibility index (Phi) is 20.4. The number of rotatable bonds is 24. The number of carboxylic acids is 1. The number of unbranched alkanes of at least 4 members (excludes halogenated alkanes) is 2. The molecule has 1 N–H and O–H groups in total. The highest BCUT2D eigenvalue weighted by Gasteiger charge is 2.29. The lowest BCUT2D eigenvalue weighted by molar-refractivity contribution is -0.145. The van der Waals surface area contributed by atoms with Crippen molar-refractivity contribution in [3.63, 3.8) is 0 Å². The van der Waals surface area contributed by atoms with Crippen LogP contribution >= 0.6 is 48.0 Å². The van der Waals surface area contributed by atoms with Gasteiger partial charge in [-0.05, 0) is 105 Å². The number of thioether (sulfide) groups is 2. The molecule has 2 aromatic heterocycles. The van der Waals surface area contributed by atoms with Crippen molar-refractivity contribution in [1.29, 1.82) is 10.5 Å². The van der Waals surface area contributed by atoms with Crippen LogP contribution in [0.5, 0.6) is 11.5 Å². The summed E-state index contributed by atoms with van der Waals surface area (Å²) in [6.07, 6.45) is 4.26. The molecular formula is C65H62N4O6S4. The highest BCUT2D eigenvalue weighted by molar-refractivity contribution is 8.25. The Hall–Kier alpha value is -7.46. The lowest BCUT2D eigenvalue weighted by Gasteiger charge is -2.21. The number of thiocarbonyl (C=S) groups is 2. The Morgan fingerprint density at radius 3 is 1.28 bits per heavy atom.